The van der Waals surface area contributed by atoms with Gasteiger partial charge >= 0.3 is 6.09 Å². The number of phenols is 1. The number of para-hydroxylation sites is 1. The Morgan fingerprint density at radius 1 is 1.00 bits per heavy atom. The van der Waals surface area contributed by atoms with Crippen LogP contribution >= 0.6 is 23.2 Å². The average molecular weight is 760 g/mol. The number of benzene rings is 3. The normalized spacial score (nSPS) is 20.3. The predicted octanol–water partition coefficient (Wildman–Crippen LogP) is 5.36. The number of carbonyl (C=O) groups excluding carboxylic acids is 3. The molecule has 0 bridgehead atoms. The predicted molar refractivity (Wildman–Crippen MR) is 195 cm³/mol. The lowest BCUT2D eigenvalue weighted by Crippen LogP contribution is -2.55. The summed E-state index contributed by atoms with van der Waals surface area (Å²) in [6.45, 7) is 5.81. The van der Waals surface area contributed by atoms with Crippen molar-refractivity contribution in [3.63, 3.8) is 0 Å². The van der Waals surface area contributed by atoms with Gasteiger partial charge in [-0.05, 0) is 81.8 Å². The first kappa shape index (κ1) is 38.4. The highest BCUT2D eigenvalue weighted by Gasteiger charge is 2.48. The highest BCUT2D eigenvalue weighted by molar-refractivity contribution is 7.91. The van der Waals surface area contributed by atoms with Crippen LogP contribution in [0.15, 0.2) is 77.7 Å². The van der Waals surface area contributed by atoms with E-state index in [-0.39, 0.29) is 30.4 Å². The Morgan fingerprint density at radius 2 is 1.71 bits per heavy atom. The van der Waals surface area contributed by atoms with Crippen LogP contribution in [-0.4, -0.2) is 89.8 Å². The molecule has 0 saturated carbocycles. The van der Waals surface area contributed by atoms with Gasteiger partial charge in [-0.1, -0.05) is 71.7 Å². The van der Waals surface area contributed by atoms with E-state index in [0.717, 1.165) is 12.0 Å². The second kappa shape index (κ2) is 16.2. The molecule has 51 heavy (non-hydrogen) atoms. The molecule has 0 aliphatic carbocycles. The van der Waals surface area contributed by atoms with Gasteiger partial charge in [0.05, 0.1) is 21.8 Å². The molecule has 2 fully saturated rings. The van der Waals surface area contributed by atoms with Gasteiger partial charge in [-0.3, -0.25) is 14.5 Å². The number of nitrogens with one attached hydrogen (secondary N) is 2. The zero-order valence-corrected chi connectivity index (χ0v) is 31.2. The molecular formula is C37H44Cl2N4O7S. The maximum Gasteiger partial charge on any atom is 0.407 e. The smallest absolute Gasteiger partial charge is 0.407 e. The van der Waals surface area contributed by atoms with Crippen LogP contribution in [0.4, 0.5) is 4.79 Å². The van der Waals surface area contributed by atoms with Gasteiger partial charge in [-0.2, -0.15) is 0 Å². The van der Waals surface area contributed by atoms with Crippen molar-refractivity contribution in [2.75, 3.05) is 18.8 Å². The van der Waals surface area contributed by atoms with Crippen molar-refractivity contribution in [3.05, 3.63) is 94.0 Å². The number of sulfone groups is 1. The van der Waals surface area contributed by atoms with E-state index in [0.29, 0.717) is 35.0 Å². The van der Waals surface area contributed by atoms with Gasteiger partial charge < -0.3 is 25.4 Å². The van der Waals surface area contributed by atoms with Gasteiger partial charge in [-0.15, -0.1) is 0 Å². The minimum atomic E-state index is -4.27. The lowest BCUT2D eigenvalue weighted by atomic mass is 10.0. The fourth-order valence-corrected chi connectivity index (χ4v) is 8.64. The first-order chi connectivity index (χ1) is 24.1. The monoisotopic (exact) mass is 758 g/mol. The summed E-state index contributed by atoms with van der Waals surface area (Å²) in [6, 6.07) is 17.7. The Hall–Kier alpha value is -3.84. The highest BCUT2D eigenvalue weighted by atomic mass is 35.5. The minimum Gasteiger partial charge on any atom is -0.507 e. The number of rotatable bonds is 11. The molecular weight excluding hydrogens is 715 g/mol. The number of ether oxygens (including phenoxy) is 1. The zero-order chi connectivity index (χ0) is 36.9. The molecule has 2 heterocycles. The number of alkyl carbamates (subject to hydrolysis) is 1. The van der Waals surface area contributed by atoms with Gasteiger partial charge in [0.2, 0.25) is 11.8 Å². The van der Waals surface area contributed by atoms with Crippen molar-refractivity contribution in [2.45, 2.75) is 87.7 Å². The zero-order valence-electron chi connectivity index (χ0n) is 28.8. The molecule has 3 amide bonds. The third-order valence-electron chi connectivity index (χ3n) is 9.12. The van der Waals surface area contributed by atoms with Crippen LogP contribution in [0.2, 0.25) is 10.0 Å². The largest absolute Gasteiger partial charge is 0.507 e. The van der Waals surface area contributed by atoms with E-state index in [4.69, 9.17) is 27.9 Å². The number of fused-ring (bicyclic) bond motifs is 1. The van der Waals surface area contributed by atoms with Crippen LogP contribution in [0.5, 0.6) is 5.75 Å². The molecule has 274 valence electrons. The van der Waals surface area contributed by atoms with E-state index in [1.807, 2.05) is 30.3 Å². The standard InChI is InChI=1S/C37H44Cl2N4O7S/c1-37(2,3)50-36(47)41-26-20-30-35(46)42(18-17-27(43(30)22-26)15-13-24-9-5-4-6-10-24)31(23-51(48,49)33-12-8-7-11-32(33)44)34(45)40-21-25-14-16-28(38)29(39)19-25/h4-12,14,16,19,26-27,30-31,44H,13,15,17-18,20-23H2,1-3H3,(H,40,45)(H,41,47)/t26-,27?,30+,31-/m1/s1. The molecule has 0 radical (unpaired) electrons. The third kappa shape index (κ3) is 9.94. The summed E-state index contributed by atoms with van der Waals surface area (Å²) < 4.78 is 33.1. The number of hydrogen-bond acceptors (Lipinski definition) is 8. The third-order valence-corrected chi connectivity index (χ3v) is 11.6. The number of hydrogen-bond donors (Lipinski definition) is 3. The fourth-order valence-electron chi connectivity index (χ4n) is 6.72. The van der Waals surface area contributed by atoms with Crippen LogP contribution in [0.25, 0.3) is 0 Å². The first-order valence-corrected chi connectivity index (χ1v) is 19.3. The maximum absolute atomic E-state index is 14.6. The molecule has 11 nitrogen and oxygen atoms in total. The topological polar surface area (TPSA) is 145 Å². The number of phenolic OH excluding ortho intramolecular Hbond substituents is 1. The second-order valence-electron chi connectivity index (χ2n) is 14.0. The lowest BCUT2D eigenvalue weighted by Gasteiger charge is -2.32. The average Bonchev–Trinajstić information content (AvgIpc) is 3.43. The van der Waals surface area contributed by atoms with Crippen LogP contribution in [-0.2, 0) is 37.1 Å². The van der Waals surface area contributed by atoms with E-state index in [9.17, 15) is 27.9 Å². The minimum absolute atomic E-state index is 0.00201. The van der Waals surface area contributed by atoms with E-state index < -0.39 is 63.0 Å². The van der Waals surface area contributed by atoms with E-state index in [2.05, 4.69) is 15.5 Å². The molecule has 5 rings (SSSR count). The van der Waals surface area contributed by atoms with Crippen LogP contribution in [0, 0.1) is 0 Å². The molecule has 1 unspecified atom stereocenters. The summed E-state index contributed by atoms with van der Waals surface area (Å²) in [7, 11) is -4.27. The molecule has 2 aliphatic heterocycles. The lowest BCUT2D eigenvalue weighted by molar-refractivity contribution is -0.142. The Labute approximate surface area is 309 Å². The number of halogens is 2. The molecule has 2 saturated heterocycles. The summed E-state index contributed by atoms with van der Waals surface area (Å²) in [5, 5.41) is 16.8. The van der Waals surface area contributed by atoms with E-state index in [1.165, 1.54) is 29.2 Å². The molecule has 3 aromatic rings. The van der Waals surface area contributed by atoms with Crippen LogP contribution < -0.4 is 10.6 Å². The van der Waals surface area contributed by atoms with Gasteiger partial charge in [0.1, 0.15) is 22.3 Å². The summed E-state index contributed by atoms with van der Waals surface area (Å²) in [5.41, 5.74) is 1.05. The SMILES string of the molecule is CC(C)(C)OC(=O)N[C@@H]1C[C@H]2C(=O)N([C@H](CS(=O)(=O)c3ccccc3O)C(=O)NCc3ccc(Cl)c(Cl)c3)CCC(CCc3ccccc3)N2C1. The van der Waals surface area contributed by atoms with Crippen molar-refractivity contribution >= 4 is 50.9 Å². The quantitative estimate of drug-likeness (QED) is 0.237. The van der Waals surface area contributed by atoms with Crippen molar-refractivity contribution in [1.29, 1.82) is 0 Å². The summed E-state index contributed by atoms with van der Waals surface area (Å²) >= 11 is 12.3. The first-order valence-electron chi connectivity index (χ1n) is 16.9. The van der Waals surface area contributed by atoms with E-state index >= 15 is 0 Å². The molecule has 3 N–H and O–H groups in total. The molecule has 2 aliphatic rings. The van der Waals surface area contributed by atoms with E-state index in [1.54, 1.807) is 39.0 Å². The van der Waals surface area contributed by atoms with Gasteiger partial charge in [0.15, 0.2) is 9.84 Å². The van der Waals surface area contributed by atoms with Gasteiger partial charge in [0, 0.05) is 31.7 Å². The maximum atomic E-state index is 14.6. The van der Waals surface area contributed by atoms with Gasteiger partial charge in [0.25, 0.3) is 0 Å². The number of amides is 3. The molecule has 0 spiro atoms. The molecule has 14 heteroatoms. The van der Waals surface area contributed by atoms with Crippen molar-refractivity contribution in [2.24, 2.45) is 0 Å². The molecule has 0 aromatic heterocycles. The molecule has 4 atom stereocenters. The molecule has 3 aromatic carbocycles. The number of aryl methyl sites for hydroxylation is 1. The summed E-state index contributed by atoms with van der Waals surface area (Å²) in [4.78, 5) is 44.5. The number of nitrogens with zero attached hydrogens (tertiary/aromatic N) is 2. The van der Waals surface area contributed by atoms with Crippen molar-refractivity contribution in [1.82, 2.24) is 20.4 Å². The Balaban J connectivity index is 1.45. The summed E-state index contributed by atoms with van der Waals surface area (Å²) in [6.07, 6.45) is 1.55. The van der Waals surface area contributed by atoms with Crippen LogP contribution in [0.1, 0.15) is 51.2 Å². The van der Waals surface area contributed by atoms with Crippen LogP contribution in [0.3, 0.4) is 0 Å². The Bertz CT molecular complexity index is 1840. The highest BCUT2D eigenvalue weighted by Crippen LogP contribution is 2.32. The summed E-state index contributed by atoms with van der Waals surface area (Å²) in [5.74, 6) is -2.30. The second-order valence-corrected chi connectivity index (χ2v) is 16.8. The Morgan fingerprint density at radius 3 is 2.39 bits per heavy atom. The Kier molecular flexibility index (Phi) is 12.2. The van der Waals surface area contributed by atoms with Crippen molar-refractivity contribution < 1.29 is 32.6 Å². The van der Waals surface area contributed by atoms with Gasteiger partial charge in [-0.25, -0.2) is 13.2 Å². The fraction of sp³-hybridized carbons (Fsp3) is 0.432. The number of carbonyl (C=O) groups is 3. The van der Waals surface area contributed by atoms with Crippen molar-refractivity contribution in [3.8, 4) is 5.75 Å². The number of aromatic hydroxyl groups is 1.